The third-order valence-electron chi connectivity index (χ3n) is 1.46. The molecule has 0 aliphatic heterocycles. The van der Waals surface area contributed by atoms with Gasteiger partial charge in [-0.15, -0.1) is 22.7 Å². The van der Waals surface area contributed by atoms with E-state index in [0.29, 0.717) is 6.61 Å². The van der Waals surface area contributed by atoms with Gasteiger partial charge in [0.05, 0.1) is 0 Å². The van der Waals surface area contributed by atoms with Crippen LogP contribution in [0.15, 0.2) is 34.3 Å². The Balaban J connectivity index is 1.91. The fourth-order valence-corrected chi connectivity index (χ4v) is 2.07. The van der Waals surface area contributed by atoms with Gasteiger partial charge in [-0.3, -0.25) is 0 Å². The molecule has 0 aliphatic rings. The molecule has 2 heterocycles. The predicted octanol–water partition coefficient (Wildman–Crippen LogP) is 3.39. The Morgan fingerprint density at radius 3 is 2.92 bits per heavy atom. The fraction of sp³-hybridized carbons (Fsp3) is 0.111. The first-order chi connectivity index (χ1) is 5.95. The second-order valence-corrected chi connectivity index (χ2v) is 4.14. The zero-order chi connectivity index (χ0) is 8.23. The van der Waals surface area contributed by atoms with Gasteiger partial charge in [0.25, 0.3) is 0 Å². The van der Waals surface area contributed by atoms with Gasteiger partial charge in [-0.1, -0.05) is 6.07 Å². The van der Waals surface area contributed by atoms with E-state index in [1.165, 1.54) is 4.88 Å². The van der Waals surface area contributed by atoms with Crippen LogP contribution in [0.25, 0.3) is 0 Å². The predicted molar refractivity (Wildman–Crippen MR) is 53.0 cm³/mol. The van der Waals surface area contributed by atoms with Crippen molar-refractivity contribution in [3.05, 3.63) is 39.2 Å². The number of ether oxygens (including phenoxy) is 1. The van der Waals surface area contributed by atoms with E-state index in [-0.39, 0.29) is 0 Å². The molecule has 0 spiro atoms. The normalized spacial score (nSPS) is 10.0. The summed E-state index contributed by atoms with van der Waals surface area (Å²) in [6.45, 7) is 0.689. The maximum Gasteiger partial charge on any atom is 0.130 e. The van der Waals surface area contributed by atoms with Crippen LogP contribution in [0.3, 0.4) is 0 Å². The summed E-state index contributed by atoms with van der Waals surface area (Å²) in [7, 11) is 0. The van der Waals surface area contributed by atoms with E-state index >= 15 is 0 Å². The minimum atomic E-state index is 0.689. The summed E-state index contributed by atoms with van der Waals surface area (Å²) in [5, 5.41) is 6.09. The lowest BCUT2D eigenvalue weighted by molar-refractivity contribution is 0.311. The summed E-state index contributed by atoms with van der Waals surface area (Å²) in [6, 6.07) is 6.10. The SMILES string of the molecule is c1csc(COc2ccsc2)c1. The summed E-state index contributed by atoms with van der Waals surface area (Å²) < 4.78 is 5.51. The lowest BCUT2D eigenvalue weighted by Gasteiger charge is -1.99. The van der Waals surface area contributed by atoms with Gasteiger partial charge in [0.2, 0.25) is 0 Å². The van der Waals surface area contributed by atoms with E-state index in [1.807, 2.05) is 22.9 Å². The highest BCUT2D eigenvalue weighted by molar-refractivity contribution is 7.09. The Bertz CT molecular complexity index is 276. The second-order valence-electron chi connectivity index (χ2n) is 2.33. The average Bonchev–Trinajstić information content (AvgIpc) is 2.74. The smallest absolute Gasteiger partial charge is 0.130 e. The zero-order valence-corrected chi connectivity index (χ0v) is 8.03. The first kappa shape index (κ1) is 7.83. The van der Waals surface area contributed by atoms with Gasteiger partial charge in [0.1, 0.15) is 12.4 Å². The van der Waals surface area contributed by atoms with Crippen molar-refractivity contribution >= 4 is 22.7 Å². The Morgan fingerprint density at radius 1 is 1.25 bits per heavy atom. The van der Waals surface area contributed by atoms with Crippen molar-refractivity contribution in [1.82, 2.24) is 0 Å². The zero-order valence-electron chi connectivity index (χ0n) is 6.40. The largest absolute Gasteiger partial charge is 0.487 e. The van der Waals surface area contributed by atoms with Crippen LogP contribution < -0.4 is 4.74 Å². The lowest BCUT2D eigenvalue weighted by atomic mass is 10.5. The number of rotatable bonds is 3. The van der Waals surface area contributed by atoms with Gasteiger partial charge >= 0.3 is 0 Å². The van der Waals surface area contributed by atoms with Crippen LogP contribution in [0.5, 0.6) is 5.75 Å². The second kappa shape index (κ2) is 3.74. The van der Waals surface area contributed by atoms with Crippen LogP contribution in [0.4, 0.5) is 0 Å². The van der Waals surface area contributed by atoms with E-state index in [1.54, 1.807) is 22.7 Å². The highest BCUT2D eigenvalue weighted by Crippen LogP contribution is 2.17. The molecular formula is C9H8OS2. The molecule has 0 saturated carbocycles. The molecule has 0 amide bonds. The summed E-state index contributed by atoms with van der Waals surface area (Å²) >= 11 is 3.38. The van der Waals surface area contributed by atoms with Crippen molar-refractivity contribution in [1.29, 1.82) is 0 Å². The first-order valence-electron chi connectivity index (χ1n) is 3.62. The molecule has 2 aromatic rings. The third kappa shape index (κ3) is 1.87. The molecule has 0 unspecified atom stereocenters. The molecule has 0 fully saturated rings. The van der Waals surface area contributed by atoms with Crippen molar-refractivity contribution in [2.75, 3.05) is 0 Å². The molecular weight excluding hydrogens is 188 g/mol. The molecule has 3 heteroatoms. The lowest BCUT2D eigenvalue weighted by Crippen LogP contribution is -1.90. The minimum Gasteiger partial charge on any atom is -0.487 e. The Kier molecular flexibility index (Phi) is 2.44. The summed E-state index contributed by atoms with van der Waals surface area (Å²) in [5.41, 5.74) is 0. The maximum atomic E-state index is 5.51. The monoisotopic (exact) mass is 196 g/mol. The number of thiophene rings is 2. The standard InChI is InChI=1S/C9H8OS2/c1-2-9(12-4-1)6-10-8-3-5-11-7-8/h1-5,7H,6H2. The van der Waals surface area contributed by atoms with Crippen LogP contribution in [-0.2, 0) is 6.61 Å². The molecule has 0 aromatic carbocycles. The summed E-state index contributed by atoms with van der Waals surface area (Å²) in [5.74, 6) is 0.966. The van der Waals surface area contributed by atoms with Gasteiger partial charge < -0.3 is 4.74 Å². The van der Waals surface area contributed by atoms with Gasteiger partial charge in [-0.25, -0.2) is 0 Å². The van der Waals surface area contributed by atoms with Gasteiger partial charge in [-0.05, 0) is 22.9 Å². The van der Waals surface area contributed by atoms with Gasteiger partial charge in [0, 0.05) is 10.3 Å². The molecule has 0 N–H and O–H groups in total. The van der Waals surface area contributed by atoms with Crippen molar-refractivity contribution in [3.8, 4) is 5.75 Å². The van der Waals surface area contributed by atoms with Crippen LogP contribution >= 0.6 is 22.7 Å². The third-order valence-corrected chi connectivity index (χ3v) is 2.97. The Morgan fingerprint density at radius 2 is 2.25 bits per heavy atom. The van der Waals surface area contributed by atoms with E-state index in [4.69, 9.17) is 4.74 Å². The molecule has 2 rings (SSSR count). The quantitative estimate of drug-likeness (QED) is 0.731. The topological polar surface area (TPSA) is 9.23 Å². The van der Waals surface area contributed by atoms with Crippen LogP contribution in [0.2, 0.25) is 0 Å². The molecule has 12 heavy (non-hydrogen) atoms. The van der Waals surface area contributed by atoms with Crippen molar-refractivity contribution < 1.29 is 4.74 Å². The molecule has 0 bridgehead atoms. The van der Waals surface area contributed by atoms with Gasteiger partial charge in [-0.2, -0.15) is 0 Å². The van der Waals surface area contributed by atoms with Crippen molar-refractivity contribution in [2.24, 2.45) is 0 Å². The van der Waals surface area contributed by atoms with Crippen molar-refractivity contribution in [3.63, 3.8) is 0 Å². The molecule has 0 radical (unpaired) electrons. The van der Waals surface area contributed by atoms with E-state index < -0.39 is 0 Å². The fourth-order valence-electron chi connectivity index (χ4n) is 0.883. The van der Waals surface area contributed by atoms with Crippen LogP contribution in [-0.4, -0.2) is 0 Å². The Hall–Kier alpha value is -0.800. The molecule has 1 nitrogen and oxygen atoms in total. The number of hydrogen-bond donors (Lipinski definition) is 0. The van der Waals surface area contributed by atoms with Crippen LogP contribution in [0.1, 0.15) is 4.88 Å². The average molecular weight is 196 g/mol. The number of hydrogen-bond acceptors (Lipinski definition) is 3. The maximum absolute atomic E-state index is 5.51. The molecule has 62 valence electrons. The minimum absolute atomic E-state index is 0.689. The molecule has 0 aliphatic carbocycles. The highest BCUT2D eigenvalue weighted by Gasteiger charge is 1.95. The van der Waals surface area contributed by atoms with E-state index in [0.717, 1.165) is 5.75 Å². The van der Waals surface area contributed by atoms with Crippen LogP contribution in [0, 0.1) is 0 Å². The van der Waals surface area contributed by atoms with Crippen molar-refractivity contribution in [2.45, 2.75) is 6.61 Å². The molecule has 0 atom stereocenters. The summed E-state index contributed by atoms with van der Waals surface area (Å²) in [6.07, 6.45) is 0. The van der Waals surface area contributed by atoms with Gasteiger partial charge in [0.15, 0.2) is 0 Å². The Labute approximate surface area is 79.2 Å². The molecule has 0 saturated heterocycles. The first-order valence-corrected chi connectivity index (χ1v) is 5.45. The highest BCUT2D eigenvalue weighted by atomic mass is 32.1. The van der Waals surface area contributed by atoms with E-state index in [9.17, 15) is 0 Å². The molecule has 2 aromatic heterocycles. The summed E-state index contributed by atoms with van der Waals surface area (Å²) in [4.78, 5) is 1.27. The van der Waals surface area contributed by atoms with E-state index in [2.05, 4.69) is 11.4 Å².